The van der Waals surface area contributed by atoms with E-state index in [4.69, 9.17) is 5.73 Å². The first-order valence-electron chi connectivity index (χ1n) is 8.68. The van der Waals surface area contributed by atoms with E-state index in [0.717, 1.165) is 52.2 Å². The van der Waals surface area contributed by atoms with Crippen LogP contribution in [0.25, 0.3) is 0 Å². The van der Waals surface area contributed by atoms with Crippen LogP contribution in [0.3, 0.4) is 0 Å². The number of rotatable bonds is 7. The quantitative estimate of drug-likeness (QED) is 0.292. The van der Waals surface area contributed by atoms with Gasteiger partial charge in [-0.1, -0.05) is 30.3 Å². The fourth-order valence-electron chi connectivity index (χ4n) is 2.85. The van der Waals surface area contributed by atoms with Crippen molar-refractivity contribution in [1.82, 2.24) is 15.1 Å². The molecule has 1 aromatic carbocycles. The van der Waals surface area contributed by atoms with Crippen LogP contribution in [0.5, 0.6) is 0 Å². The lowest BCUT2D eigenvalue weighted by atomic mass is 10.2. The van der Waals surface area contributed by atoms with E-state index in [9.17, 15) is 0 Å². The topological polar surface area (TPSA) is 56.9 Å². The number of hydrogen-bond acceptors (Lipinski definition) is 3. The van der Waals surface area contributed by atoms with Gasteiger partial charge in [-0.2, -0.15) is 0 Å². The third-order valence-corrected chi connectivity index (χ3v) is 4.07. The molecule has 2 rings (SSSR count). The predicted molar refractivity (Wildman–Crippen MR) is 113 cm³/mol. The molecule has 0 atom stereocenters. The second-order valence-corrected chi connectivity index (χ2v) is 6.52. The molecule has 1 saturated heterocycles. The molecule has 0 aromatic heterocycles. The predicted octanol–water partition coefficient (Wildman–Crippen LogP) is 2.13. The Bertz CT molecular complexity index is 470. The second-order valence-electron chi connectivity index (χ2n) is 6.52. The smallest absolute Gasteiger partial charge is 0.188 e. The van der Waals surface area contributed by atoms with Gasteiger partial charge >= 0.3 is 0 Å². The first-order chi connectivity index (χ1) is 11.1. The molecule has 0 bridgehead atoms. The van der Waals surface area contributed by atoms with Gasteiger partial charge in [-0.15, -0.1) is 24.0 Å². The van der Waals surface area contributed by atoms with Gasteiger partial charge < -0.3 is 16.0 Å². The molecule has 0 saturated carbocycles. The maximum absolute atomic E-state index is 5.80. The van der Waals surface area contributed by atoms with Crippen LogP contribution in [0.4, 0.5) is 0 Å². The number of benzene rings is 1. The maximum Gasteiger partial charge on any atom is 0.188 e. The number of nitrogens with zero attached hydrogens (tertiary/aromatic N) is 3. The molecule has 1 heterocycles. The minimum atomic E-state index is 0. The molecule has 0 spiro atoms. The first kappa shape index (κ1) is 21.2. The van der Waals surface area contributed by atoms with Gasteiger partial charge in [0.15, 0.2) is 5.96 Å². The number of piperazine rings is 1. The first-order valence-corrected chi connectivity index (χ1v) is 8.68. The van der Waals surface area contributed by atoms with Crippen molar-refractivity contribution in [2.75, 3.05) is 39.3 Å². The summed E-state index contributed by atoms with van der Waals surface area (Å²) in [6.45, 7) is 11.7. The number of hydrogen-bond donors (Lipinski definition) is 2. The van der Waals surface area contributed by atoms with Crippen molar-refractivity contribution in [2.24, 2.45) is 10.7 Å². The summed E-state index contributed by atoms with van der Waals surface area (Å²) in [5.41, 5.74) is 7.21. The molecule has 1 aliphatic rings. The van der Waals surface area contributed by atoms with Gasteiger partial charge in [0.1, 0.15) is 0 Å². The third-order valence-electron chi connectivity index (χ3n) is 4.07. The summed E-state index contributed by atoms with van der Waals surface area (Å²) in [4.78, 5) is 9.43. The van der Waals surface area contributed by atoms with E-state index in [1.807, 2.05) is 0 Å². The molecule has 5 nitrogen and oxygen atoms in total. The largest absolute Gasteiger partial charge is 0.370 e. The summed E-state index contributed by atoms with van der Waals surface area (Å²) in [6.07, 6.45) is 1.07. The van der Waals surface area contributed by atoms with Gasteiger partial charge in [0.05, 0.1) is 0 Å². The summed E-state index contributed by atoms with van der Waals surface area (Å²) in [6, 6.07) is 11.1. The number of nitrogens with two attached hydrogens (primary N) is 1. The van der Waals surface area contributed by atoms with Crippen molar-refractivity contribution in [3.63, 3.8) is 0 Å². The Kier molecular flexibility index (Phi) is 10.3. The van der Waals surface area contributed by atoms with E-state index in [1.54, 1.807) is 0 Å². The van der Waals surface area contributed by atoms with Crippen molar-refractivity contribution in [3.8, 4) is 0 Å². The minimum absolute atomic E-state index is 0. The summed E-state index contributed by atoms with van der Waals surface area (Å²) < 4.78 is 0. The van der Waals surface area contributed by atoms with Gasteiger partial charge in [0.2, 0.25) is 0 Å². The fraction of sp³-hybridized carbons (Fsp3) is 0.611. The van der Waals surface area contributed by atoms with Crippen LogP contribution in [-0.4, -0.2) is 61.1 Å². The highest BCUT2D eigenvalue weighted by Gasteiger charge is 2.16. The highest BCUT2D eigenvalue weighted by Crippen LogP contribution is 2.08. The highest BCUT2D eigenvalue weighted by atomic mass is 127. The van der Waals surface area contributed by atoms with Crippen molar-refractivity contribution < 1.29 is 0 Å². The van der Waals surface area contributed by atoms with Gasteiger partial charge in [0.25, 0.3) is 0 Å². The number of nitrogens with one attached hydrogen (secondary N) is 1. The average Bonchev–Trinajstić information content (AvgIpc) is 2.53. The molecule has 0 amide bonds. The third kappa shape index (κ3) is 8.30. The van der Waals surface area contributed by atoms with Gasteiger partial charge in [-0.25, -0.2) is 0 Å². The average molecular weight is 445 g/mol. The van der Waals surface area contributed by atoms with Crippen LogP contribution < -0.4 is 11.1 Å². The summed E-state index contributed by atoms with van der Waals surface area (Å²) in [7, 11) is 0. The molecule has 24 heavy (non-hydrogen) atoms. The summed E-state index contributed by atoms with van der Waals surface area (Å²) in [5.74, 6) is 0.563. The Balaban J connectivity index is 0.00000288. The lowest BCUT2D eigenvalue weighted by molar-refractivity contribution is 0.127. The van der Waals surface area contributed by atoms with E-state index in [0.29, 0.717) is 12.0 Å². The Morgan fingerprint density at radius 2 is 1.75 bits per heavy atom. The SMILES string of the molecule is CC(C)NC(N)=NCCCN1CCN(Cc2ccccc2)CC1.I. The van der Waals surface area contributed by atoms with E-state index >= 15 is 0 Å². The number of aliphatic imine (C=N–C) groups is 1. The highest BCUT2D eigenvalue weighted by molar-refractivity contribution is 14.0. The Morgan fingerprint density at radius 1 is 1.12 bits per heavy atom. The van der Waals surface area contributed by atoms with E-state index in [-0.39, 0.29) is 24.0 Å². The monoisotopic (exact) mass is 445 g/mol. The van der Waals surface area contributed by atoms with Gasteiger partial charge in [-0.05, 0) is 25.8 Å². The van der Waals surface area contributed by atoms with E-state index in [2.05, 4.69) is 64.3 Å². The van der Waals surface area contributed by atoms with Crippen molar-refractivity contribution in [1.29, 1.82) is 0 Å². The molecule has 3 N–H and O–H groups in total. The van der Waals surface area contributed by atoms with E-state index in [1.165, 1.54) is 5.56 Å². The zero-order chi connectivity index (χ0) is 16.5. The van der Waals surface area contributed by atoms with Crippen LogP contribution >= 0.6 is 24.0 Å². The Labute approximate surface area is 163 Å². The van der Waals surface area contributed by atoms with Crippen LogP contribution in [-0.2, 0) is 6.54 Å². The van der Waals surface area contributed by atoms with Crippen molar-refractivity contribution in [2.45, 2.75) is 32.9 Å². The normalized spacial score (nSPS) is 16.9. The van der Waals surface area contributed by atoms with Gasteiger partial charge in [0, 0.05) is 51.9 Å². The molecule has 0 aliphatic carbocycles. The lowest BCUT2D eigenvalue weighted by Crippen LogP contribution is -2.46. The summed E-state index contributed by atoms with van der Waals surface area (Å²) in [5, 5.41) is 3.12. The van der Waals surface area contributed by atoms with Crippen molar-refractivity contribution in [3.05, 3.63) is 35.9 Å². The van der Waals surface area contributed by atoms with Crippen LogP contribution in [0.15, 0.2) is 35.3 Å². The molecule has 1 fully saturated rings. The molecule has 0 radical (unpaired) electrons. The molecule has 1 aromatic rings. The lowest BCUT2D eigenvalue weighted by Gasteiger charge is -2.34. The number of halogens is 1. The Hall–Kier alpha value is -0.860. The maximum atomic E-state index is 5.80. The molecule has 1 aliphatic heterocycles. The zero-order valence-corrected chi connectivity index (χ0v) is 17.3. The minimum Gasteiger partial charge on any atom is -0.370 e. The zero-order valence-electron chi connectivity index (χ0n) is 14.9. The van der Waals surface area contributed by atoms with Gasteiger partial charge in [-0.3, -0.25) is 9.89 Å². The molecule has 6 heteroatoms. The Morgan fingerprint density at radius 3 is 2.38 bits per heavy atom. The molecule has 136 valence electrons. The summed E-state index contributed by atoms with van der Waals surface area (Å²) >= 11 is 0. The standard InChI is InChI=1S/C18H31N5.HI/c1-16(2)21-18(19)20-9-6-10-22-11-13-23(14-12-22)15-17-7-4-3-5-8-17;/h3-5,7-8,16H,6,9-15H2,1-2H3,(H3,19,20,21);1H. The molecular formula is C18H32IN5. The van der Waals surface area contributed by atoms with Crippen molar-refractivity contribution >= 4 is 29.9 Å². The fourth-order valence-corrected chi connectivity index (χ4v) is 2.85. The van der Waals surface area contributed by atoms with Crippen LogP contribution in [0.1, 0.15) is 25.8 Å². The number of guanidine groups is 1. The van der Waals surface area contributed by atoms with Crippen LogP contribution in [0.2, 0.25) is 0 Å². The molecule has 0 unspecified atom stereocenters. The second kappa shape index (κ2) is 11.7. The van der Waals surface area contributed by atoms with Crippen LogP contribution in [0, 0.1) is 0 Å². The van der Waals surface area contributed by atoms with E-state index < -0.39 is 0 Å². The molecular weight excluding hydrogens is 413 g/mol.